The second-order valence-electron chi connectivity index (χ2n) is 7.85. The molecule has 2 fully saturated rings. The van der Waals surface area contributed by atoms with E-state index < -0.39 is 0 Å². The molecular weight excluding hydrogens is 360 g/mol. The molecule has 2 aliphatic rings. The lowest BCUT2D eigenvalue weighted by atomic mass is 9.85. The van der Waals surface area contributed by atoms with Gasteiger partial charge in [-0.25, -0.2) is 0 Å². The lowest BCUT2D eigenvalue weighted by Crippen LogP contribution is -2.41. The molecule has 2 saturated heterocycles. The van der Waals surface area contributed by atoms with Crippen LogP contribution in [0.15, 0.2) is 42.5 Å². The third kappa shape index (κ3) is 3.61. The van der Waals surface area contributed by atoms with Gasteiger partial charge in [-0.05, 0) is 80.3 Å². The Morgan fingerprint density at radius 3 is 2.63 bits per heavy atom. The van der Waals surface area contributed by atoms with Crippen molar-refractivity contribution >= 4 is 11.6 Å². The number of hydrogen-bond donors (Lipinski definition) is 1. The van der Waals surface area contributed by atoms with Gasteiger partial charge < -0.3 is 14.6 Å². The predicted octanol–water partition coefficient (Wildman–Crippen LogP) is 5.25. The number of rotatable bonds is 6. The minimum atomic E-state index is -0.340. The van der Waals surface area contributed by atoms with Gasteiger partial charge >= 0.3 is 0 Å². The first-order valence-corrected chi connectivity index (χ1v) is 10.3. The van der Waals surface area contributed by atoms with Gasteiger partial charge in [0.05, 0.1) is 24.4 Å². The fraction of sp³-hybridized carbons (Fsp3) is 0.478. The number of benzene rings is 2. The average molecular weight is 387 g/mol. The summed E-state index contributed by atoms with van der Waals surface area (Å²) in [6.07, 6.45) is 5.74. The molecule has 3 nitrogen and oxygen atoms in total. The topological polar surface area (TPSA) is 38.7 Å². The highest BCUT2D eigenvalue weighted by molar-refractivity contribution is 6.31. The van der Waals surface area contributed by atoms with Crippen molar-refractivity contribution in [3.63, 3.8) is 0 Å². The van der Waals surface area contributed by atoms with Gasteiger partial charge in [-0.2, -0.15) is 0 Å². The monoisotopic (exact) mass is 386 g/mol. The van der Waals surface area contributed by atoms with Gasteiger partial charge in [-0.15, -0.1) is 0 Å². The van der Waals surface area contributed by atoms with Gasteiger partial charge in [0.1, 0.15) is 5.75 Å². The van der Waals surface area contributed by atoms with Crippen LogP contribution in [0.4, 0.5) is 0 Å². The molecule has 0 radical (unpaired) electrons. The molecule has 0 unspecified atom stereocenters. The van der Waals surface area contributed by atoms with Crippen molar-refractivity contribution in [2.75, 3.05) is 13.2 Å². The highest BCUT2D eigenvalue weighted by Gasteiger charge is 2.52. The summed E-state index contributed by atoms with van der Waals surface area (Å²) in [5.74, 6) is 0.891. The summed E-state index contributed by atoms with van der Waals surface area (Å²) in [6, 6.07) is 14.5. The van der Waals surface area contributed by atoms with Crippen molar-refractivity contribution in [1.82, 2.24) is 0 Å². The van der Waals surface area contributed by atoms with Crippen LogP contribution in [0.25, 0.3) is 0 Å². The van der Waals surface area contributed by atoms with Crippen molar-refractivity contribution in [2.45, 2.75) is 56.7 Å². The molecule has 0 aliphatic carbocycles. The number of fused-ring (bicyclic) bond motifs is 2. The predicted molar refractivity (Wildman–Crippen MR) is 108 cm³/mol. The number of halogens is 1. The molecule has 0 saturated carbocycles. The Morgan fingerprint density at radius 2 is 1.89 bits per heavy atom. The first-order valence-electron chi connectivity index (χ1n) is 9.90. The van der Waals surface area contributed by atoms with Gasteiger partial charge in [0.25, 0.3) is 0 Å². The van der Waals surface area contributed by atoms with Gasteiger partial charge in [-0.1, -0.05) is 35.9 Å². The van der Waals surface area contributed by atoms with E-state index in [1.807, 2.05) is 25.1 Å². The van der Waals surface area contributed by atoms with E-state index in [1.165, 1.54) is 11.1 Å². The SMILES string of the molecule is CCOc1ccc(Cc2cc([C@]34CCC[C@](CO)(CC3)O4)ccc2Cl)cc1. The molecule has 2 atom stereocenters. The maximum atomic E-state index is 9.83. The average Bonchev–Trinajstić information content (AvgIpc) is 2.97. The molecule has 2 bridgehead atoms. The molecule has 4 heteroatoms. The molecule has 27 heavy (non-hydrogen) atoms. The van der Waals surface area contributed by atoms with Crippen molar-refractivity contribution in [3.8, 4) is 5.75 Å². The Hall–Kier alpha value is -1.55. The highest BCUT2D eigenvalue weighted by Crippen LogP contribution is 2.53. The van der Waals surface area contributed by atoms with Crippen LogP contribution in [0.3, 0.4) is 0 Å². The Bertz CT molecular complexity index is 804. The number of hydrogen-bond acceptors (Lipinski definition) is 3. The lowest BCUT2D eigenvalue weighted by molar-refractivity contribution is -0.161. The molecule has 2 aromatic carbocycles. The summed E-state index contributed by atoms with van der Waals surface area (Å²) >= 11 is 6.51. The first-order chi connectivity index (χ1) is 13.1. The van der Waals surface area contributed by atoms with Crippen LogP contribution in [0.2, 0.25) is 5.02 Å². The van der Waals surface area contributed by atoms with Crippen LogP contribution in [0, 0.1) is 0 Å². The Balaban J connectivity index is 1.58. The number of aliphatic hydroxyl groups is 1. The smallest absolute Gasteiger partial charge is 0.119 e. The summed E-state index contributed by atoms with van der Waals surface area (Å²) < 4.78 is 12.0. The zero-order valence-corrected chi connectivity index (χ0v) is 16.6. The van der Waals surface area contributed by atoms with Crippen LogP contribution >= 0.6 is 11.6 Å². The molecule has 2 aromatic rings. The van der Waals surface area contributed by atoms with Crippen molar-refractivity contribution < 1.29 is 14.6 Å². The van der Waals surface area contributed by atoms with Crippen molar-refractivity contribution in [1.29, 1.82) is 0 Å². The third-order valence-corrected chi connectivity index (χ3v) is 6.47. The fourth-order valence-corrected chi connectivity index (χ4v) is 4.80. The van der Waals surface area contributed by atoms with E-state index >= 15 is 0 Å². The molecular formula is C23H27ClO3. The largest absolute Gasteiger partial charge is 0.494 e. The van der Waals surface area contributed by atoms with Crippen LogP contribution < -0.4 is 4.74 Å². The van der Waals surface area contributed by atoms with Crippen LogP contribution in [-0.4, -0.2) is 23.9 Å². The Morgan fingerprint density at radius 1 is 1.07 bits per heavy atom. The molecule has 0 amide bonds. The first kappa shape index (κ1) is 18.8. The summed E-state index contributed by atoms with van der Waals surface area (Å²) in [5, 5.41) is 10.6. The van der Waals surface area contributed by atoms with Crippen LogP contribution in [-0.2, 0) is 16.8 Å². The van der Waals surface area contributed by atoms with E-state index in [-0.39, 0.29) is 17.8 Å². The minimum Gasteiger partial charge on any atom is -0.494 e. The van der Waals surface area contributed by atoms with Gasteiger partial charge in [0.15, 0.2) is 0 Å². The molecule has 144 valence electrons. The molecule has 0 aromatic heterocycles. The summed E-state index contributed by atoms with van der Waals surface area (Å²) in [5.41, 5.74) is 2.91. The maximum Gasteiger partial charge on any atom is 0.119 e. The van der Waals surface area contributed by atoms with Gasteiger partial charge in [0.2, 0.25) is 0 Å². The minimum absolute atomic E-state index is 0.112. The lowest BCUT2D eigenvalue weighted by Gasteiger charge is -2.40. The van der Waals surface area contributed by atoms with Crippen molar-refractivity contribution in [2.24, 2.45) is 0 Å². The standard InChI is InChI=1S/C23H27ClO3/c1-2-26-20-7-4-17(5-8-20)14-18-15-19(6-9-21(18)24)23-11-3-10-22(16-25,27-23)12-13-23/h4-9,15,25H,2-3,10-14,16H2,1H3/t22-,23+/m1/s1. The zero-order valence-electron chi connectivity index (χ0n) is 15.8. The summed E-state index contributed by atoms with van der Waals surface area (Å²) in [4.78, 5) is 0. The Kier molecular flexibility index (Phi) is 5.19. The van der Waals surface area contributed by atoms with Crippen LogP contribution in [0.5, 0.6) is 5.75 Å². The normalized spacial score (nSPS) is 26.9. The van der Waals surface area contributed by atoms with Crippen molar-refractivity contribution in [3.05, 3.63) is 64.2 Å². The quantitative estimate of drug-likeness (QED) is 0.736. The van der Waals surface area contributed by atoms with E-state index in [0.29, 0.717) is 6.61 Å². The van der Waals surface area contributed by atoms with E-state index in [4.69, 9.17) is 21.1 Å². The molecule has 2 aliphatic heterocycles. The van der Waals surface area contributed by atoms with Gasteiger partial charge in [0, 0.05) is 5.02 Å². The third-order valence-electron chi connectivity index (χ3n) is 6.10. The second-order valence-corrected chi connectivity index (χ2v) is 8.26. The number of ether oxygens (including phenoxy) is 2. The van der Waals surface area contributed by atoms with E-state index in [0.717, 1.165) is 54.9 Å². The molecule has 4 rings (SSSR count). The molecule has 2 heterocycles. The molecule has 1 N–H and O–H groups in total. The number of aliphatic hydroxyl groups excluding tert-OH is 1. The van der Waals surface area contributed by atoms with E-state index in [1.54, 1.807) is 0 Å². The summed E-state index contributed by atoms with van der Waals surface area (Å²) in [6.45, 7) is 2.77. The highest BCUT2D eigenvalue weighted by atomic mass is 35.5. The molecule has 0 spiro atoms. The van der Waals surface area contributed by atoms with Crippen LogP contribution in [0.1, 0.15) is 55.7 Å². The Labute approximate surface area is 166 Å². The zero-order chi connectivity index (χ0) is 18.9. The van der Waals surface area contributed by atoms with E-state index in [2.05, 4.69) is 24.3 Å². The summed E-state index contributed by atoms with van der Waals surface area (Å²) in [7, 11) is 0. The fourth-order valence-electron chi connectivity index (χ4n) is 4.62. The maximum absolute atomic E-state index is 9.83. The van der Waals surface area contributed by atoms with Gasteiger partial charge in [-0.3, -0.25) is 0 Å². The second kappa shape index (κ2) is 7.46. The van der Waals surface area contributed by atoms with E-state index in [9.17, 15) is 5.11 Å².